The molecule has 0 spiro atoms. The molecule has 0 aliphatic heterocycles. The van der Waals surface area contributed by atoms with Crippen LogP contribution < -0.4 is 0 Å². The summed E-state index contributed by atoms with van der Waals surface area (Å²) in [6.45, 7) is 4.20. The average molecular weight is 129 g/mol. The molecule has 0 atom stereocenters. The van der Waals surface area contributed by atoms with Gasteiger partial charge in [0.25, 0.3) is 0 Å². The molecule has 0 aromatic rings. The van der Waals surface area contributed by atoms with E-state index in [-0.39, 0.29) is 0 Å². The lowest BCUT2D eigenvalue weighted by Gasteiger charge is -2.14. The summed E-state index contributed by atoms with van der Waals surface area (Å²) >= 11 is 0. The van der Waals surface area contributed by atoms with Crippen molar-refractivity contribution in [2.75, 3.05) is 0 Å². The summed E-state index contributed by atoms with van der Waals surface area (Å²) < 4.78 is 4.52. The molecule has 0 N–H and O–H groups in total. The molecule has 0 bridgehead atoms. The van der Waals surface area contributed by atoms with Crippen LogP contribution in [0.3, 0.4) is 0 Å². The van der Waals surface area contributed by atoms with Crippen LogP contribution in [0.4, 0.5) is 0 Å². The first kappa shape index (κ1) is 8.14. The van der Waals surface area contributed by atoms with Crippen molar-refractivity contribution in [1.82, 2.24) is 0 Å². The summed E-state index contributed by atoms with van der Waals surface area (Å²) in [7, 11) is 0. The van der Waals surface area contributed by atoms with Crippen LogP contribution in [0, 0.1) is 0 Å². The van der Waals surface area contributed by atoms with Crippen LogP contribution in [0.15, 0.2) is 0 Å². The molecule has 1 radical (unpaired) electrons. The minimum absolute atomic E-state index is 0.469. The SMILES string of the molecule is CC(=O)OC(C)(C)[C]=O. The van der Waals surface area contributed by atoms with E-state index in [4.69, 9.17) is 0 Å². The van der Waals surface area contributed by atoms with E-state index in [1.165, 1.54) is 20.8 Å². The van der Waals surface area contributed by atoms with Crippen LogP contribution in [0.25, 0.3) is 0 Å². The first-order chi connectivity index (χ1) is 3.98. The summed E-state index contributed by atoms with van der Waals surface area (Å²) in [5, 5.41) is 0. The van der Waals surface area contributed by atoms with Crippen molar-refractivity contribution in [2.24, 2.45) is 0 Å². The van der Waals surface area contributed by atoms with Crippen molar-refractivity contribution in [1.29, 1.82) is 0 Å². The molecule has 9 heavy (non-hydrogen) atoms. The Bertz CT molecular complexity index is 126. The van der Waals surface area contributed by atoms with E-state index < -0.39 is 11.6 Å². The van der Waals surface area contributed by atoms with Crippen molar-refractivity contribution in [3.8, 4) is 0 Å². The molecule has 0 rings (SSSR count). The zero-order valence-corrected chi connectivity index (χ0v) is 5.72. The third kappa shape index (κ3) is 3.70. The molecule has 0 saturated carbocycles. The van der Waals surface area contributed by atoms with Gasteiger partial charge >= 0.3 is 5.97 Å². The molecule has 0 fully saturated rings. The largest absolute Gasteiger partial charge is 0.451 e. The number of hydrogen-bond acceptors (Lipinski definition) is 3. The minimum atomic E-state index is -1.09. The molecule has 3 nitrogen and oxygen atoms in total. The summed E-state index contributed by atoms with van der Waals surface area (Å²) in [5.41, 5.74) is -1.09. The molecule has 3 heteroatoms. The maximum absolute atomic E-state index is 10.2. The molecule has 0 heterocycles. The van der Waals surface area contributed by atoms with Crippen molar-refractivity contribution in [2.45, 2.75) is 26.4 Å². The van der Waals surface area contributed by atoms with Crippen molar-refractivity contribution >= 4 is 12.3 Å². The lowest BCUT2D eigenvalue weighted by molar-refractivity contribution is -0.148. The molecule has 0 unspecified atom stereocenters. The summed E-state index contributed by atoms with van der Waals surface area (Å²) in [6, 6.07) is 0. The Morgan fingerprint density at radius 1 is 1.56 bits per heavy atom. The average Bonchev–Trinajstić information content (AvgIpc) is 1.63. The second-order valence-corrected chi connectivity index (χ2v) is 2.21. The highest BCUT2D eigenvalue weighted by molar-refractivity contribution is 5.72. The Labute approximate surface area is 54.0 Å². The maximum Gasteiger partial charge on any atom is 0.303 e. The third-order valence-corrected chi connectivity index (χ3v) is 0.645. The van der Waals surface area contributed by atoms with Crippen molar-refractivity contribution < 1.29 is 14.3 Å². The number of hydrogen-bond donors (Lipinski definition) is 0. The fraction of sp³-hybridized carbons (Fsp3) is 0.667. The highest BCUT2D eigenvalue weighted by Gasteiger charge is 2.20. The second-order valence-electron chi connectivity index (χ2n) is 2.21. The van der Waals surface area contributed by atoms with Crippen LogP contribution in [0.2, 0.25) is 0 Å². The molecule has 0 saturated heterocycles. The number of carbonyl (C=O) groups is 1. The molecular weight excluding hydrogens is 120 g/mol. The highest BCUT2D eigenvalue weighted by Crippen LogP contribution is 2.03. The van der Waals surface area contributed by atoms with Crippen molar-refractivity contribution in [3.63, 3.8) is 0 Å². The van der Waals surface area contributed by atoms with E-state index >= 15 is 0 Å². The Morgan fingerprint density at radius 2 is 2.00 bits per heavy atom. The Morgan fingerprint density at radius 3 is 2.11 bits per heavy atom. The lowest BCUT2D eigenvalue weighted by atomic mass is 10.2. The number of rotatable bonds is 2. The third-order valence-electron chi connectivity index (χ3n) is 0.645. The van der Waals surface area contributed by atoms with Crippen LogP contribution in [0.1, 0.15) is 20.8 Å². The predicted molar refractivity (Wildman–Crippen MR) is 31.5 cm³/mol. The molecule has 0 amide bonds. The zero-order valence-electron chi connectivity index (χ0n) is 5.72. The minimum Gasteiger partial charge on any atom is -0.451 e. The highest BCUT2D eigenvalue weighted by atomic mass is 16.6. The molecule has 0 aromatic carbocycles. The second kappa shape index (κ2) is 2.62. The zero-order chi connectivity index (χ0) is 7.49. The van der Waals surface area contributed by atoms with E-state index in [1.54, 1.807) is 6.29 Å². The van der Waals surface area contributed by atoms with Gasteiger partial charge in [0.2, 0.25) is 6.29 Å². The van der Waals surface area contributed by atoms with Crippen LogP contribution in [0.5, 0.6) is 0 Å². The molecular formula is C6H9O3. The maximum atomic E-state index is 10.2. The molecule has 0 aromatic heterocycles. The van der Waals surface area contributed by atoms with E-state index in [0.717, 1.165) is 0 Å². The van der Waals surface area contributed by atoms with Crippen LogP contribution in [-0.4, -0.2) is 17.9 Å². The number of carbonyl (C=O) groups excluding carboxylic acids is 2. The molecule has 0 aliphatic carbocycles. The quantitative estimate of drug-likeness (QED) is 0.508. The topological polar surface area (TPSA) is 43.4 Å². The van der Waals surface area contributed by atoms with Gasteiger partial charge in [-0.2, -0.15) is 0 Å². The monoisotopic (exact) mass is 129 g/mol. The van der Waals surface area contributed by atoms with E-state index in [0.29, 0.717) is 0 Å². The number of esters is 1. The Kier molecular flexibility index (Phi) is 2.37. The summed E-state index contributed by atoms with van der Waals surface area (Å²) in [4.78, 5) is 20.2. The van der Waals surface area contributed by atoms with Gasteiger partial charge in [-0.05, 0) is 13.8 Å². The first-order valence-electron chi connectivity index (χ1n) is 2.57. The van der Waals surface area contributed by atoms with Gasteiger partial charge in [0, 0.05) is 6.92 Å². The van der Waals surface area contributed by atoms with Gasteiger partial charge in [-0.25, -0.2) is 0 Å². The fourth-order valence-corrected chi connectivity index (χ4v) is 0.380. The van der Waals surface area contributed by atoms with E-state index in [9.17, 15) is 9.59 Å². The molecule has 51 valence electrons. The van der Waals surface area contributed by atoms with Gasteiger partial charge in [-0.15, -0.1) is 0 Å². The van der Waals surface area contributed by atoms with Crippen LogP contribution >= 0.6 is 0 Å². The molecule has 0 aliphatic rings. The van der Waals surface area contributed by atoms with Gasteiger partial charge in [-0.3, -0.25) is 9.59 Å². The van der Waals surface area contributed by atoms with Crippen molar-refractivity contribution in [3.05, 3.63) is 0 Å². The predicted octanol–water partition coefficient (Wildman–Crippen LogP) is 0.438. The van der Waals surface area contributed by atoms with Gasteiger partial charge in [-0.1, -0.05) is 0 Å². The van der Waals surface area contributed by atoms with E-state index in [1.807, 2.05) is 0 Å². The van der Waals surface area contributed by atoms with Gasteiger partial charge < -0.3 is 4.74 Å². The van der Waals surface area contributed by atoms with Gasteiger partial charge in [0.1, 0.15) is 0 Å². The van der Waals surface area contributed by atoms with Crippen LogP contribution in [-0.2, 0) is 14.3 Å². The normalized spacial score (nSPS) is 10.6. The number of ether oxygens (including phenoxy) is 1. The standard InChI is InChI=1S/C6H9O3/c1-5(8)9-6(2,3)4-7/h1-3H3. The Hall–Kier alpha value is -0.860. The summed E-state index contributed by atoms with van der Waals surface area (Å²) in [5.74, 6) is -0.469. The van der Waals surface area contributed by atoms with E-state index in [2.05, 4.69) is 4.74 Å². The van der Waals surface area contributed by atoms with Gasteiger partial charge in [0.05, 0.1) is 0 Å². The fourth-order valence-electron chi connectivity index (χ4n) is 0.380. The van der Waals surface area contributed by atoms with Gasteiger partial charge in [0.15, 0.2) is 5.60 Å². The smallest absolute Gasteiger partial charge is 0.303 e. The lowest BCUT2D eigenvalue weighted by Crippen LogP contribution is -2.28. The summed E-state index contributed by atoms with van der Waals surface area (Å²) in [6.07, 6.45) is 1.58. The Balaban J connectivity index is 3.86. The first-order valence-corrected chi connectivity index (χ1v) is 2.57.